The van der Waals surface area contributed by atoms with Gasteiger partial charge in [-0.3, -0.25) is 9.56 Å². The van der Waals surface area contributed by atoms with Crippen LogP contribution in [0.4, 0.5) is 0 Å². The summed E-state index contributed by atoms with van der Waals surface area (Å²) in [4.78, 5) is 11.2. The van der Waals surface area contributed by atoms with E-state index in [2.05, 4.69) is 192 Å². The van der Waals surface area contributed by atoms with Gasteiger partial charge in [0, 0.05) is 38.9 Å². The van der Waals surface area contributed by atoms with Gasteiger partial charge in [0.2, 0.25) is 0 Å². The molecule has 1 aliphatic heterocycles. The number of rotatable bonds is 3. The predicted molar refractivity (Wildman–Crippen MR) is 242 cm³/mol. The highest BCUT2D eigenvalue weighted by molar-refractivity contribution is 6.18. The normalized spacial score (nSPS) is 16.4. The highest BCUT2D eigenvalue weighted by Gasteiger charge is 2.28. The summed E-state index contributed by atoms with van der Waals surface area (Å²) in [6, 6.07) is 62.8. The number of nitrogens with zero attached hydrogens (tertiary/aromatic N) is 4. The van der Waals surface area contributed by atoms with Gasteiger partial charge in [-0.25, -0.2) is 4.99 Å². The second-order valence-electron chi connectivity index (χ2n) is 15.8. The van der Waals surface area contributed by atoms with Gasteiger partial charge in [0.1, 0.15) is 17.0 Å². The molecular weight excluding hydrogens is 709 g/mol. The van der Waals surface area contributed by atoms with Crippen LogP contribution in [0, 0.1) is 5.92 Å². The first-order valence-corrected chi connectivity index (χ1v) is 20.2. The van der Waals surface area contributed by atoms with E-state index in [4.69, 9.17) is 14.4 Å². The molecule has 0 bridgehead atoms. The summed E-state index contributed by atoms with van der Waals surface area (Å²) in [5, 5.41) is 9.58. The Hall–Kier alpha value is -7.24. The zero-order valence-corrected chi connectivity index (χ0v) is 32.0. The van der Waals surface area contributed by atoms with E-state index < -0.39 is 0 Å². The van der Waals surface area contributed by atoms with Gasteiger partial charge in [0.25, 0.3) is 0 Å². The molecule has 4 heterocycles. The van der Waals surface area contributed by atoms with Gasteiger partial charge in [-0.05, 0) is 77.2 Å². The highest BCUT2D eigenvalue weighted by atomic mass is 16.3. The first-order valence-electron chi connectivity index (χ1n) is 20.2. The number of aromatic nitrogens is 2. The Bertz CT molecular complexity index is 3440. The summed E-state index contributed by atoms with van der Waals surface area (Å²) >= 11 is 0. The number of fused-ring (bicyclic) bond motifs is 10. The van der Waals surface area contributed by atoms with E-state index in [1.54, 1.807) is 0 Å². The van der Waals surface area contributed by atoms with E-state index in [0.29, 0.717) is 0 Å². The van der Waals surface area contributed by atoms with Crippen LogP contribution in [-0.4, -0.2) is 20.8 Å². The lowest BCUT2D eigenvalue weighted by Gasteiger charge is -2.26. The maximum atomic E-state index is 6.77. The third-order valence-corrected chi connectivity index (χ3v) is 12.3. The maximum absolute atomic E-state index is 6.77. The second-order valence-corrected chi connectivity index (χ2v) is 15.8. The zero-order chi connectivity index (χ0) is 38.3. The second kappa shape index (κ2) is 12.9. The quantitative estimate of drug-likeness (QED) is 0.178. The van der Waals surface area contributed by atoms with Crippen molar-refractivity contribution in [1.29, 1.82) is 0 Å². The lowest BCUT2D eigenvalue weighted by atomic mass is 9.89. The highest BCUT2D eigenvalue weighted by Crippen LogP contribution is 2.43. The standard InChI is InChI=1S/C53H38N4O/c1-33-27-28-50(57-44-24-12-7-19-38(44)39-20-8-13-25-45(39)57)54-53(34-15-3-2-4-16-34)55-52(33)37-31-47(51-41-22-10-14-26-48(41)58-49(51)32-37)56-43-23-11-9-21-40(43)42-29-35-17-5-6-18-36(35)30-46(42)56/h2-26,29-33,52H,27-28H2,1H3/t33-,52?/m1/s1. The van der Waals surface area contributed by atoms with Crippen LogP contribution >= 0.6 is 0 Å². The minimum Gasteiger partial charge on any atom is -0.456 e. The Labute approximate surface area is 334 Å². The molecule has 8 aromatic carbocycles. The summed E-state index contributed by atoms with van der Waals surface area (Å²) in [6.45, 7) is 2.35. The topological polar surface area (TPSA) is 47.7 Å². The van der Waals surface area contributed by atoms with Crippen molar-refractivity contribution in [1.82, 2.24) is 9.13 Å². The Morgan fingerprint density at radius 2 is 1.10 bits per heavy atom. The fourth-order valence-electron chi connectivity index (χ4n) is 9.59. The largest absolute Gasteiger partial charge is 0.456 e. The molecule has 0 amide bonds. The molecule has 0 aliphatic carbocycles. The van der Waals surface area contributed by atoms with Crippen LogP contribution in [0.2, 0.25) is 0 Å². The molecule has 0 N–H and O–H groups in total. The summed E-state index contributed by atoms with van der Waals surface area (Å²) < 4.78 is 11.6. The lowest BCUT2D eigenvalue weighted by molar-refractivity contribution is 0.445. The maximum Gasteiger partial charge on any atom is 0.157 e. The van der Waals surface area contributed by atoms with Crippen molar-refractivity contribution in [3.05, 3.63) is 187 Å². The van der Waals surface area contributed by atoms with Gasteiger partial charge in [0.15, 0.2) is 5.84 Å². The molecule has 276 valence electrons. The van der Waals surface area contributed by atoms with Crippen molar-refractivity contribution in [2.24, 2.45) is 15.9 Å². The minimum absolute atomic E-state index is 0.177. The first-order chi connectivity index (χ1) is 28.7. The Morgan fingerprint density at radius 3 is 1.83 bits per heavy atom. The summed E-state index contributed by atoms with van der Waals surface area (Å²) in [5.41, 5.74) is 9.61. The third kappa shape index (κ3) is 5.03. The van der Waals surface area contributed by atoms with Gasteiger partial charge in [-0.2, -0.15) is 0 Å². The van der Waals surface area contributed by atoms with Crippen molar-refractivity contribution in [2.45, 2.75) is 25.8 Å². The van der Waals surface area contributed by atoms with Crippen molar-refractivity contribution < 1.29 is 4.42 Å². The Balaban J connectivity index is 1.13. The molecular formula is C53H38N4O. The molecule has 0 saturated heterocycles. The predicted octanol–water partition coefficient (Wildman–Crippen LogP) is 13.8. The van der Waals surface area contributed by atoms with E-state index in [1.165, 1.54) is 48.9 Å². The number of hydrogen-bond donors (Lipinski definition) is 0. The van der Waals surface area contributed by atoms with Crippen molar-refractivity contribution in [2.75, 3.05) is 0 Å². The molecule has 0 spiro atoms. The molecule has 3 aromatic heterocycles. The SMILES string of the molecule is C[C@@H]1CCC(n2c3ccccc3c3ccccc32)=NC(c2ccccc2)=NC1c1cc(-n2c3ccccc3c3cc4ccccc4cc32)c2c(c1)oc1ccccc12. The fraction of sp³-hybridized carbons (Fsp3) is 0.0943. The average Bonchev–Trinajstić information content (AvgIpc) is 3.92. The molecule has 2 atom stereocenters. The van der Waals surface area contributed by atoms with Crippen LogP contribution in [-0.2, 0) is 0 Å². The molecule has 1 aliphatic rings. The number of benzene rings is 8. The van der Waals surface area contributed by atoms with Gasteiger partial charge in [-0.1, -0.05) is 134 Å². The summed E-state index contributed by atoms with van der Waals surface area (Å²) in [5.74, 6) is 1.94. The smallest absolute Gasteiger partial charge is 0.157 e. The summed E-state index contributed by atoms with van der Waals surface area (Å²) in [7, 11) is 0. The van der Waals surface area contributed by atoms with Crippen molar-refractivity contribution in [3.8, 4) is 5.69 Å². The lowest BCUT2D eigenvalue weighted by Crippen LogP contribution is -2.21. The van der Waals surface area contributed by atoms with E-state index in [-0.39, 0.29) is 12.0 Å². The number of amidine groups is 1. The zero-order valence-electron chi connectivity index (χ0n) is 32.0. The molecule has 5 nitrogen and oxygen atoms in total. The minimum atomic E-state index is -0.177. The van der Waals surface area contributed by atoms with Gasteiger partial charge in [0.05, 0.1) is 39.2 Å². The van der Waals surface area contributed by atoms with E-state index in [9.17, 15) is 0 Å². The van der Waals surface area contributed by atoms with Crippen LogP contribution < -0.4 is 0 Å². The van der Waals surface area contributed by atoms with Gasteiger partial charge >= 0.3 is 0 Å². The monoisotopic (exact) mass is 746 g/mol. The van der Waals surface area contributed by atoms with E-state index in [0.717, 1.165) is 68.8 Å². The van der Waals surface area contributed by atoms with Gasteiger partial charge in [-0.15, -0.1) is 0 Å². The number of furan rings is 1. The third-order valence-electron chi connectivity index (χ3n) is 12.3. The number of aliphatic imine (C=N–C) groups is 2. The Morgan fingerprint density at radius 1 is 0.517 bits per heavy atom. The summed E-state index contributed by atoms with van der Waals surface area (Å²) in [6.07, 6.45) is 1.71. The molecule has 5 heteroatoms. The molecule has 0 radical (unpaired) electrons. The van der Waals surface area contributed by atoms with Crippen LogP contribution in [0.25, 0.3) is 82.0 Å². The van der Waals surface area contributed by atoms with Crippen LogP contribution in [0.1, 0.15) is 36.9 Å². The molecule has 11 aromatic rings. The molecule has 12 rings (SSSR count). The van der Waals surface area contributed by atoms with E-state index >= 15 is 0 Å². The molecule has 1 unspecified atom stereocenters. The fourth-order valence-corrected chi connectivity index (χ4v) is 9.59. The average molecular weight is 747 g/mol. The molecule has 58 heavy (non-hydrogen) atoms. The van der Waals surface area contributed by atoms with E-state index in [1.807, 2.05) is 0 Å². The first kappa shape index (κ1) is 33.0. The van der Waals surface area contributed by atoms with Crippen LogP contribution in [0.5, 0.6) is 0 Å². The van der Waals surface area contributed by atoms with Gasteiger partial charge < -0.3 is 8.98 Å². The van der Waals surface area contributed by atoms with Crippen molar-refractivity contribution in [3.63, 3.8) is 0 Å². The Kier molecular flexibility index (Phi) is 7.33. The van der Waals surface area contributed by atoms with Crippen LogP contribution in [0.15, 0.2) is 190 Å². The number of para-hydroxylation sites is 4. The molecule has 0 fully saturated rings. The molecule has 0 saturated carbocycles. The van der Waals surface area contributed by atoms with Crippen LogP contribution in [0.3, 0.4) is 0 Å². The number of hydrogen-bond acceptors (Lipinski definition) is 3. The van der Waals surface area contributed by atoms with Crippen molar-refractivity contribution >= 4 is 88.0 Å².